The second-order valence-corrected chi connectivity index (χ2v) is 10.6. The summed E-state index contributed by atoms with van der Waals surface area (Å²) in [7, 11) is 0. The Balaban J connectivity index is 1.54. The number of carbonyl (C=O) groups is 1. The number of benzene rings is 2. The number of Topliss-reactive ketones (excluding diaryl/α,β-unsaturated/α-hetero) is 1. The van der Waals surface area contributed by atoms with E-state index in [9.17, 15) is 18.8 Å². The topological polar surface area (TPSA) is 71.6 Å². The number of halogens is 2. The van der Waals surface area contributed by atoms with Gasteiger partial charge in [0.25, 0.3) is 0 Å². The van der Waals surface area contributed by atoms with E-state index in [-0.39, 0.29) is 29.0 Å². The monoisotopic (exact) mass is 520 g/mol. The summed E-state index contributed by atoms with van der Waals surface area (Å²) < 4.78 is 28.8. The zero-order valence-corrected chi connectivity index (χ0v) is 21.7. The van der Waals surface area contributed by atoms with E-state index in [0.717, 1.165) is 52.2 Å². The second-order valence-electron chi connectivity index (χ2n) is 10.6. The molecule has 0 saturated carbocycles. The first kappa shape index (κ1) is 24.9. The highest BCUT2D eigenvalue weighted by atomic mass is 19.1. The van der Waals surface area contributed by atoms with Crippen molar-refractivity contribution in [1.82, 2.24) is 14.8 Å². The molecule has 194 valence electrons. The molecule has 7 heteroatoms. The number of fused-ring (bicyclic) bond motifs is 3. The Labute approximate surface area is 225 Å². The lowest BCUT2D eigenvalue weighted by molar-refractivity contribution is -0.121. The molecular weight excluding hydrogens is 494 g/mol. The molecule has 2 heterocycles. The summed E-state index contributed by atoms with van der Waals surface area (Å²) in [5, 5.41) is 14.8. The SMILES string of the molecule is C[C@H]1C(=O)C(C#N)=C[C@@]2(C)c3c(c(-c4ccc(F)cc4)nn3-c3ccc(-c4ccnc(CF)c4)cc3)CC[C@H]12. The summed E-state index contributed by atoms with van der Waals surface area (Å²) >= 11 is 0. The van der Waals surface area contributed by atoms with Crippen molar-refractivity contribution in [3.8, 4) is 34.1 Å². The summed E-state index contributed by atoms with van der Waals surface area (Å²) in [6.45, 7) is 3.38. The molecule has 0 aliphatic heterocycles. The molecule has 0 N–H and O–H groups in total. The maximum Gasteiger partial charge on any atom is 0.176 e. The third kappa shape index (κ3) is 3.99. The van der Waals surface area contributed by atoms with Crippen LogP contribution in [0.15, 0.2) is 78.5 Å². The lowest BCUT2D eigenvalue weighted by Gasteiger charge is -2.45. The van der Waals surface area contributed by atoms with Crippen LogP contribution in [0, 0.1) is 29.0 Å². The summed E-state index contributed by atoms with van der Waals surface area (Å²) in [5.41, 5.74) is 6.14. The van der Waals surface area contributed by atoms with Gasteiger partial charge in [0.1, 0.15) is 18.6 Å². The van der Waals surface area contributed by atoms with Gasteiger partial charge in [0.2, 0.25) is 0 Å². The molecule has 6 rings (SSSR count). The molecule has 2 aliphatic carbocycles. The van der Waals surface area contributed by atoms with Crippen LogP contribution in [0.25, 0.3) is 28.1 Å². The second kappa shape index (κ2) is 9.39. The van der Waals surface area contributed by atoms with E-state index in [2.05, 4.69) is 18.0 Å². The molecule has 0 fully saturated rings. The maximum atomic E-state index is 13.8. The number of carbonyl (C=O) groups excluding carboxylic acids is 1. The minimum atomic E-state index is -0.629. The molecule has 0 radical (unpaired) electrons. The highest BCUT2D eigenvalue weighted by Gasteiger charge is 2.50. The van der Waals surface area contributed by atoms with Crippen LogP contribution in [0.2, 0.25) is 0 Å². The third-order valence-electron chi connectivity index (χ3n) is 8.33. The molecule has 0 amide bonds. The van der Waals surface area contributed by atoms with Crippen molar-refractivity contribution in [2.24, 2.45) is 11.8 Å². The van der Waals surface area contributed by atoms with Crippen molar-refractivity contribution < 1.29 is 13.6 Å². The van der Waals surface area contributed by atoms with Gasteiger partial charge in [0.05, 0.1) is 28.3 Å². The molecule has 2 aromatic carbocycles. The molecular formula is C32H26F2N4O. The van der Waals surface area contributed by atoms with Crippen molar-refractivity contribution in [2.45, 2.75) is 38.8 Å². The first-order chi connectivity index (χ1) is 18.8. The van der Waals surface area contributed by atoms with Crippen molar-refractivity contribution in [3.63, 3.8) is 0 Å². The van der Waals surface area contributed by atoms with E-state index in [1.807, 2.05) is 48.0 Å². The zero-order chi connectivity index (χ0) is 27.3. The van der Waals surface area contributed by atoms with E-state index in [0.29, 0.717) is 5.69 Å². The van der Waals surface area contributed by atoms with Crippen molar-refractivity contribution in [2.75, 3.05) is 0 Å². The minimum Gasteiger partial charge on any atom is -0.293 e. The van der Waals surface area contributed by atoms with Crippen LogP contribution >= 0.6 is 0 Å². The van der Waals surface area contributed by atoms with Crippen molar-refractivity contribution >= 4 is 5.78 Å². The number of pyridine rings is 1. The number of nitriles is 1. The van der Waals surface area contributed by atoms with Crippen LogP contribution in [0.1, 0.15) is 37.2 Å². The highest BCUT2D eigenvalue weighted by molar-refractivity contribution is 6.02. The number of aromatic nitrogens is 3. The van der Waals surface area contributed by atoms with Gasteiger partial charge in [-0.25, -0.2) is 13.5 Å². The fraction of sp³-hybridized carbons (Fsp3) is 0.250. The Morgan fingerprint density at radius 3 is 2.49 bits per heavy atom. The third-order valence-corrected chi connectivity index (χ3v) is 8.33. The van der Waals surface area contributed by atoms with E-state index < -0.39 is 12.1 Å². The molecule has 0 saturated heterocycles. The molecule has 0 bridgehead atoms. The predicted molar refractivity (Wildman–Crippen MR) is 144 cm³/mol. The Morgan fingerprint density at radius 1 is 1.08 bits per heavy atom. The van der Waals surface area contributed by atoms with E-state index in [1.165, 1.54) is 12.1 Å². The van der Waals surface area contributed by atoms with Crippen molar-refractivity contribution in [3.05, 3.63) is 101 Å². The minimum absolute atomic E-state index is 0.0151. The van der Waals surface area contributed by atoms with Gasteiger partial charge < -0.3 is 0 Å². The summed E-state index contributed by atoms with van der Waals surface area (Å²) in [4.78, 5) is 17.0. The zero-order valence-electron chi connectivity index (χ0n) is 21.7. The average Bonchev–Trinajstić information content (AvgIpc) is 3.36. The normalized spacial score (nSPS) is 22.0. The number of hydrogen-bond donors (Lipinski definition) is 0. The quantitative estimate of drug-likeness (QED) is 0.300. The van der Waals surface area contributed by atoms with Gasteiger partial charge >= 0.3 is 0 Å². The Hall–Kier alpha value is -4.44. The van der Waals surface area contributed by atoms with Gasteiger partial charge in [-0.05, 0) is 78.4 Å². The van der Waals surface area contributed by atoms with Crippen LogP contribution in [-0.2, 0) is 23.3 Å². The fourth-order valence-electron chi connectivity index (χ4n) is 6.40. The molecule has 2 aromatic heterocycles. The van der Waals surface area contributed by atoms with E-state index in [4.69, 9.17) is 5.10 Å². The molecule has 0 unspecified atom stereocenters. The Kier molecular flexibility index (Phi) is 5.99. The summed E-state index contributed by atoms with van der Waals surface area (Å²) in [5.74, 6) is -0.703. The number of nitrogens with zero attached hydrogens (tertiary/aromatic N) is 4. The number of alkyl halides is 1. The molecule has 2 aliphatic rings. The van der Waals surface area contributed by atoms with E-state index >= 15 is 0 Å². The van der Waals surface area contributed by atoms with Crippen LogP contribution in [0.5, 0.6) is 0 Å². The standard InChI is InChI=1S/C32H26F2N4O/c1-19-28-12-11-27-29(21-3-7-24(34)8-4-21)37-38(31(27)32(28,2)16-23(18-35)30(19)39)26-9-5-20(6-10-26)22-13-14-36-25(15-22)17-33/h3-10,13-16,19,28H,11-12,17H2,1-2H3/t19-,28-,32-/m1/s1. The van der Waals surface area contributed by atoms with E-state index in [1.54, 1.807) is 24.4 Å². The lowest BCUT2D eigenvalue weighted by Crippen LogP contribution is -2.46. The molecule has 4 aromatic rings. The highest BCUT2D eigenvalue weighted by Crippen LogP contribution is 2.52. The fourth-order valence-corrected chi connectivity index (χ4v) is 6.40. The Morgan fingerprint density at radius 2 is 1.79 bits per heavy atom. The molecule has 5 nitrogen and oxygen atoms in total. The maximum absolute atomic E-state index is 13.8. The first-order valence-electron chi connectivity index (χ1n) is 13.0. The Bertz CT molecular complexity index is 1660. The number of ketones is 1. The van der Waals surface area contributed by atoms with Gasteiger partial charge in [-0.1, -0.05) is 32.1 Å². The van der Waals surface area contributed by atoms with Gasteiger partial charge in [-0.3, -0.25) is 9.78 Å². The molecule has 0 spiro atoms. The number of rotatable bonds is 4. The number of allylic oxidation sites excluding steroid dienone is 2. The summed E-state index contributed by atoms with van der Waals surface area (Å²) in [6, 6.07) is 19.9. The van der Waals surface area contributed by atoms with Gasteiger partial charge in [0, 0.05) is 28.7 Å². The van der Waals surface area contributed by atoms with Crippen LogP contribution in [0.4, 0.5) is 8.78 Å². The van der Waals surface area contributed by atoms with Crippen LogP contribution in [-0.4, -0.2) is 20.5 Å². The van der Waals surface area contributed by atoms with Crippen molar-refractivity contribution in [1.29, 1.82) is 5.26 Å². The van der Waals surface area contributed by atoms with Gasteiger partial charge in [0.15, 0.2) is 5.78 Å². The predicted octanol–water partition coefficient (Wildman–Crippen LogP) is 6.70. The smallest absolute Gasteiger partial charge is 0.176 e. The summed E-state index contributed by atoms with van der Waals surface area (Å²) in [6.07, 6.45) is 4.93. The van der Waals surface area contributed by atoms with Crippen LogP contribution in [0.3, 0.4) is 0 Å². The van der Waals surface area contributed by atoms with Gasteiger partial charge in [-0.2, -0.15) is 10.4 Å². The average molecular weight is 521 g/mol. The number of hydrogen-bond acceptors (Lipinski definition) is 4. The largest absolute Gasteiger partial charge is 0.293 e. The first-order valence-corrected chi connectivity index (χ1v) is 13.0. The van der Waals surface area contributed by atoms with Gasteiger partial charge in [-0.15, -0.1) is 0 Å². The molecule has 3 atom stereocenters. The molecule has 39 heavy (non-hydrogen) atoms. The lowest BCUT2D eigenvalue weighted by atomic mass is 9.57. The van der Waals surface area contributed by atoms with Crippen LogP contribution < -0.4 is 0 Å².